The maximum Gasteiger partial charge on any atom is 0.257 e. The lowest BCUT2D eigenvalue weighted by Crippen LogP contribution is -2.32. The van der Waals surface area contributed by atoms with Crippen LogP contribution < -0.4 is 0 Å². The van der Waals surface area contributed by atoms with Crippen LogP contribution in [0.1, 0.15) is 33.4 Å². The molecule has 0 radical (unpaired) electrons. The summed E-state index contributed by atoms with van der Waals surface area (Å²) in [5, 5.41) is 5.05. The molecule has 0 bridgehead atoms. The number of benzene rings is 2. The molecular formula is C24H21ClN4O. The lowest BCUT2D eigenvalue weighted by atomic mass is 10.0. The number of carbonyl (C=O) groups excluding carboxylic acids is 1. The number of hydrogen-bond acceptors (Lipinski definition) is 3. The van der Waals surface area contributed by atoms with Crippen LogP contribution in [0.4, 0.5) is 0 Å². The summed E-state index contributed by atoms with van der Waals surface area (Å²) in [4.78, 5) is 19.7. The number of amides is 1. The van der Waals surface area contributed by atoms with Crippen molar-refractivity contribution in [3.63, 3.8) is 0 Å². The van der Waals surface area contributed by atoms with Crippen LogP contribution in [-0.4, -0.2) is 32.6 Å². The molecule has 0 spiro atoms. The summed E-state index contributed by atoms with van der Waals surface area (Å²) in [6.07, 6.45) is 3.35. The summed E-state index contributed by atoms with van der Waals surface area (Å²) < 4.78 is 1.73. The van der Waals surface area contributed by atoms with E-state index in [-0.39, 0.29) is 11.9 Å². The highest BCUT2D eigenvalue weighted by Gasteiger charge is 2.27. The molecule has 4 aromatic rings. The van der Waals surface area contributed by atoms with Crippen molar-refractivity contribution in [2.75, 3.05) is 7.05 Å². The first-order valence-electron chi connectivity index (χ1n) is 9.60. The van der Waals surface area contributed by atoms with Crippen molar-refractivity contribution >= 4 is 17.5 Å². The number of aromatic nitrogens is 3. The zero-order valence-corrected chi connectivity index (χ0v) is 17.5. The zero-order chi connectivity index (χ0) is 21.1. The van der Waals surface area contributed by atoms with Crippen LogP contribution in [0, 0.1) is 6.92 Å². The van der Waals surface area contributed by atoms with Gasteiger partial charge in [0.15, 0.2) is 0 Å². The number of rotatable bonds is 5. The monoisotopic (exact) mass is 416 g/mol. The van der Waals surface area contributed by atoms with E-state index in [9.17, 15) is 4.79 Å². The van der Waals surface area contributed by atoms with Gasteiger partial charge in [0.05, 0.1) is 34.9 Å². The van der Waals surface area contributed by atoms with Crippen LogP contribution in [0.3, 0.4) is 0 Å². The fourth-order valence-electron chi connectivity index (χ4n) is 3.56. The Kier molecular flexibility index (Phi) is 5.63. The zero-order valence-electron chi connectivity index (χ0n) is 16.7. The minimum absolute atomic E-state index is 0.125. The number of pyridine rings is 1. The van der Waals surface area contributed by atoms with Crippen molar-refractivity contribution in [2.45, 2.75) is 13.0 Å². The van der Waals surface area contributed by atoms with Crippen molar-refractivity contribution in [3.05, 3.63) is 113 Å². The predicted molar refractivity (Wildman–Crippen MR) is 118 cm³/mol. The molecule has 0 aliphatic heterocycles. The third-order valence-corrected chi connectivity index (χ3v) is 5.32. The number of carbonyl (C=O) groups is 1. The fourth-order valence-corrected chi connectivity index (χ4v) is 3.75. The van der Waals surface area contributed by atoms with E-state index in [1.54, 1.807) is 35.1 Å². The van der Waals surface area contributed by atoms with E-state index in [0.29, 0.717) is 10.6 Å². The van der Waals surface area contributed by atoms with E-state index < -0.39 is 0 Å². The van der Waals surface area contributed by atoms with Gasteiger partial charge in [-0.15, -0.1) is 0 Å². The Morgan fingerprint density at radius 1 is 1.03 bits per heavy atom. The summed E-state index contributed by atoms with van der Waals surface area (Å²) in [6.45, 7) is 1.88. The Morgan fingerprint density at radius 2 is 1.80 bits per heavy atom. The molecule has 0 fully saturated rings. The predicted octanol–water partition coefficient (Wildman–Crippen LogP) is 5.09. The summed E-state index contributed by atoms with van der Waals surface area (Å²) in [5.41, 5.74) is 3.90. The second kappa shape index (κ2) is 8.51. The quantitative estimate of drug-likeness (QED) is 0.455. The Labute approximate surface area is 180 Å². The van der Waals surface area contributed by atoms with Crippen LogP contribution >= 0.6 is 11.6 Å². The van der Waals surface area contributed by atoms with E-state index >= 15 is 0 Å². The molecule has 0 N–H and O–H groups in total. The number of hydrogen-bond donors (Lipinski definition) is 0. The average molecular weight is 417 g/mol. The SMILES string of the molecule is Cc1c(C(=O)N(C)C(c2ccccc2)c2ccccn2)cnn1-c1cccc(Cl)c1. The van der Waals surface area contributed by atoms with Crippen LogP contribution in [-0.2, 0) is 0 Å². The van der Waals surface area contributed by atoms with Crippen molar-refractivity contribution < 1.29 is 4.79 Å². The highest BCUT2D eigenvalue weighted by Crippen LogP contribution is 2.28. The van der Waals surface area contributed by atoms with Gasteiger partial charge in [0.2, 0.25) is 0 Å². The Hall–Kier alpha value is -3.44. The molecule has 5 nitrogen and oxygen atoms in total. The molecule has 1 atom stereocenters. The Morgan fingerprint density at radius 3 is 2.50 bits per heavy atom. The molecule has 2 heterocycles. The minimum atomic E-state index is -0.311. The molecular weight excluding hydrogens is 396 g/mol. The maximum atomic E-state index is 13.5. The first kappa shape index (κ1) is 19.9. The van der Waals surface area contributed by atoms with Gasteiger partial charge in [0.1, 0.15) is 0 Å². The van der Waals surface area contributed by atoms with Gasteiger partial charge in [0, 0.05) is 18.3 Å². The van der Waals surface area contributed by atoms with Gasteiger partial charge in [-0.05, 0) is 42.8 Å². The van der Waals surface area contributed by atoms with E-state index in [4.69, 9.17) is 11.6 Å². The summed E-state index contributed by atoms with van der Waals surface area (Å²) in [7, 11) is 1.80. The summed E-state index contributed by atoms with van der Waals surface area (Å²) in [6, 6.07) is 22.7. The molecule has 1 unspecified atom stereocenters. The van der Waals surface area contributed by atoms with Gasteiger partial charge in [-0.2, -0.15) is 5.10 Å². The second-order valence-corrected chi connectivity index (χ2v) is 7.46. The van der Waals surface area contributed by atoms with Crippen molar-refractivity contribution in [1.82, 2.24) is 19.7 Å². The van der Waals surface area contributed by atoms with Crippen LogP contribution in [0.15, 0.2) is 85.2 Å². The summed E-state index contributed by atoms with van der Waals surface area (Å²) >= 11 is 6.12. The molecule has 2 aromatic carbocycles. The lowest BCUT2D eigenvalue weighted by molar-refractivity contribution is 0.0752. The highest BCUT2D eigenvalue weighted by molar-refractivity contribution is 6.30. The van der Waals surface area contributed by atoms with Gasteiger partial charge in [-0.25, -0.2) is 4.68 Å². The summed E-state index contributed by atoms with van der Waals surface area (Å²) in [5.74, 6) is -0.125. The molecule has 0 saturated carbocycles. The van der Waals surface area contributed by atoms with Crippen molar-refractivity contribution in [2.24, 2.45) is 0 Å². The minimum Gasteiger partial charge on any atom is -0.329 e. The van der Waals surface area contributed by atoms with E-state index in [1.807, 2.05) is 73.7 Å². The Bertz CT molecular complexity index is 1120. The van der Waals surface area contributed by atoms with Crippen LogP contribution in [0.25, 0.3) is 5.69 Å². The highest BCUT2D eigenvalue weighted by atomic mass is 35.5. The largest absolute Gasteiger partial charge is 0.329 e. The van der Waals surface area contributed by atoms with E-state index in [1.165, 1.54) is 0 Å². The molecule has 0 aliphatic carbocycles. The molecule has 2 aromatic heterocycles. The molecule has 30 heavy (non-hydrogen) atoms. The van der Waals surface area contributed by atoms with E-state index in [2.05, 4.69) is 10.1 Å². The molecule has 6 heteroatoms. The van der Waals surface area contributed by atoms with Gasteiger partial charge in [-0.1, -0.05) is 54.1 Å². The fraction of sp³-hybridized carbons (Fsp3) is 0.125. The molecule has 0 aliphatic rings. The number of halogens is 1. The van der Waals surface area contributed by atoms with Gasteiger partial charge in [0.25, 0.3) is 5.91 Å². The van der Waals surface area contributed by atoms with Gasteiger partial charge in [-0.3, -0.25) is 9.78 Å². The maximum absolute atomic E-state index is 13.5. The standard InChI is InChI=1S/C24H21ClN4O/c1-17-21(16-27-29(17)20-12-8-11-19(25)15-20)24(30)28(2)23(18-9-4-3-5-10-18)22-13-6-7-14-26-22/h3-16,23H,1-2H3. The van der Waals surface area contributed by atoms with Crippen molar-refractivity contribution in [1.29, 1.82) is 0 Å². The van der Waals surface area contributed by atoms with Gasteiger partial charge >= 0.3 is 0 Å². The first-order chi connectivity index (χ1) is 14.6. The molecule has 1 amide bonds. The first-order valence-corrected chi connectivity index (χ1v) is 9.97. The Balaban J connectivity index is 1.71. The third-order valence-electron chi connectivity index (χ3n) is 5.08. The second-order valence-electron chi connectivity index (χ2n) is 7.02. The lowest BCUT2D eigenvalue weighted by Gasteiger charge is -2.28. The van der Waals surface area contributed by atoms with E-state index in [0.717, 1.165) is 22.6 Å². The van der Waals surface area contributed by atoms with Crippen molar-refractivity contribution in [3.8, 4) is 5.69 Å². The smallest absolute Gasteiger partial charge is 0.257 e. The third kappa shape index (κ3) is 3.84. The normalized spacial score (nSPS) is 11.8. The number of nitrogens with zero attached hydrogens (tertiary/aromatic N) is 4. The topological polar surface area (TPSA) is 51.0 Å². The molecule has 4 rings (SSSR count). The average Bonchev–Trinajstić information content (AvgIpc) is 3.16. The van der Waals surface area contributed by atoms with Gasteiger partial charge < -0.3 is 4.90 Å². The molecule has 0 saturated heterocycles. The van der Waals surface area contributed by atoms with Crippen LogP contribution in [0.5, 0.6) is 0 Å². The van der Waals surface area contributed by atoms with Crippen LogP contribution in [0.2, 0.25) is 5.02 Å². The molecule has 150 valence electrons.